The van der Waals surface area contributed by atoms with Crippen LogP contribution in [0.25, 0.3) is 0 Å². The Morgan fingerprint density at radius 3 is 2.38 bits per heavy atom. The summed E-state index contributed by atoms with van der Waals surface area (Å²) in [7, 11) is 1.60. The van der Waals surface area contributed by atoms with Crippen molar-refractivity contribution in [2.45, 2.75) is 58.2 Å². The van der Waals surface area contributed by atoms with E-state index in [9.17, 15) is 9.59 Å². The minimum absolute atomic E-state index is 0.0120. The SMILES string of the molecule is COCC(CCCNC(=O)OC(C)(C)C)NC(C)C(N)=O. The molecule has 2 amide bonds. The molecule has 7 nitrogen and oxygen atoms in total. The summed E-state index contributed by atoms with van der Waals surface area (Å²) in [4.78, 5) is 22.5. The van der Waals surface area contributed by atoms with Crippen molar-refractivity contribution in [1.29, 1.82) is 0 Å². The number of carbonyl (C=O) groups is 2. The van der Waals surface area contributed by atoms with Crippen molar-refractivity contribution in [2.75, 3.05) is 20.3 Å². The summed E-state index contributed by atoms with van der Waals surface area (Å²) < 4.78 is 10.2. The molecule has 7 heteroatoms. The third-order valence-electron chi connectivity index (χ3n) is 2.68. The van der Waals surface area contributed by atoms with Gasteiger partial charge in [0.1, 0.15) is 5.60 Å². The monoisotopic (exact) mass is 303 g/mol. The predicted octanol–water partition coefficient (Wildman–Crippen LogP) is 0.770. The molecule has 0 aromatic rings. The van der Waals surface area contributed by atoms with Crippen molar-refractivity contribution < 1.29 is 19.1 Å². The van der Waals surface area contributed by atoms with E-state index in [4.69, 9.17) is 15.2 Å². The summed E-state index contributed by atoms with van der Waals surface area (Å²) >= 11 is 0. The molecule has 4 N–H and O–H groups in total. The molecule has 0 aliphatic heterocycles. The third kappa shape index (κ3) is 11.0. The van der Waals surface area contributed by atoms with Crippen molar-refractivity contribution in [3.05, 3.63) is 0 Å². The van der Waals surface area contributed by atoms with Crippen LogP contribution in [0.4, 0.5) is 4.79 Å². The van der Waals surface area contributed by atoms with E-state index in [1.54, 1.807) is 14.0 Å². The van der Waals surface area contributed by atoms with Gasteiger partial charge < -0.3 is 25.8 Å². The van der Waals surface area contributed by atoms with Crippen molar-refractivity contribution in [2.24, 2.45) is 5.73 Å². The van der Waals surface area contributed by atoms with Crippen LogP contribution in [0.3, 0.4) is 0 Å². The van der Waals surface area contributed by atoms with E-state index in [1.807, 2.05) is 20.8 Å². The molecule has 0 aliphatic rings. The molecular formula is C14H29N3O4. The van der Waals surface area contributed by atoms with Gasteiger partial charge in [0.15, 0.2) is 0 Å². The van der Waals surface area contributed by atoms with E-state index in [1.165, 1.54) is 0 Å². The Balaban J connectivity index is 3.98. The van der Waals surface area contributed by atoms with E-state index in [-0.39, 0.29) is 6.04 Å². The fraction of sp³-hybridized carbons (Fsp3) is 0.857. The van der Waals surface area contributed by atoms with Crippen LogP contribution in [0, 0.1) is 0 Å². The largest absolute Gasteiger partial charge is 0.444 e. The fourth-order valence-electron chi connectivity index (χ4n) is 1.70. The molecule has 0 rings (SSSR count). The van der Waals surface area contributed by atoms with Gasteiger partial charge in [-0.05, 0) is 40.5 Å². The summed E-state index contributed by atoms with van der Waals surface area (Å²) in [5.74, 6) is -0.400. The van der Waals surface area contributed by atoms with E-state index in [0.29, 0.717) is 13.2 Å². The van der Waals surface area contributed by atoms with E-state index in [0.717, 1.165) is 12.8 Å². The second-order valence-corrected chi connectivity index (χ2v) is 6.01. The Hall–Kier alpha value is -1.34. The molecule has 2 atom stereocenters. The average Bonchev–Trinajstić information content (AvgIpc) is 2.32. The highest BCUT2D eigenvalue weighted by molar-refractivity contribution is 5.79. The first kappa shape index (κ1) is 19.7. The van der Waals surface area contributed by atoms with Gasteiger partial charge in [-0.1, -0.05) is 0 Å². The Labute approximate surface area is 126 Å². The molecule has 0 spiro atoms. The van der Waals surface area contributed by atoms with Crippen molar-refractivity contribution in [3.63, 3.8) is 0 Å². The Kier molecular flexibility index (Phi) is 8.96. The second kappa shape index (κ2) is 9.57. The molecule has 0 fully saturated rings. The molecule has 0 saturated heterocycles. The lowest BCUT2D eigenvalue weighted by atomic mass is 10.1. The second-order valence-electron chi connectivity index (χ2n) is 6.01. The number of hydrogen-bond donors (Lipinski definition) is 3. The standard InChI is InChI=1S/C14H29N3O4/c1-10(12(15)18)17-11(9-20-5)7-6-8-16-13(19)21-14(2,3)4/h10-11,17H,6-9H2,1-5H3,(H2,15,18)(H,16,19). The van der Waals surface area contributed by atoms with Crippen LogP contribution >= 0.6 is 0 Å². The van der Waals surface area contributed by atoms with Crippen LogP contribution in [-0.4, -0.2) is 49.9 Å². The molecule has 2 unspecified atom stereocenters. The molecular weight excluding hydrogens is 274 g/mol. The minimum atomic E-state index is -0.499. The molecule has 21 heavy (non-hydrogen) atoms. The van der Waals surface area contributed by atoms with E-state index >= 15 is 0 Å². The van der Waals surface area contributed by atoms with Gasteiger partial charge in [-0.2, -0.15) is 0 Å². The average molecular weight is 303 g/mol. The number of rotatable bonds is 9. The maximum Gasteiger partial charge on any atom is 0.407 e. The number of methoxy groups -OCH3 is 1. The number of primary amides is 1. The molecule has 0 bridgehead atoms. The number of amides is 2. The van der Waals surface area contributed by atoms with Gasteiger partial charge in [0, 0.05) is 19.7 Å². The molecule has 0 aromatic carbocycles. The number of ether oxygens (including phenoxy) is 2. The fourth-order valence-corrected chi connectivity index (χ4v) is 1.70. The van der Waals surface area contributed by atoms with Crippen molar-refractivity contribution in [3.8, 4) is 0 Å². The summed E-state index contributed by atoms with van der Waals surface area (Å²) in [5, 5.41) is 5.79. The number of carbonyl (C=O) groups excluding carboxylic acids is 2. The first-order valence-electron chi connectivity index (χ1n) is 7.17. The number of alkyl carbamates (subject to hydrolysis) is 1. The van der Waals surface area contributed by atoms with Gasteiger partial charge in [-0.15, -0.1) is 0 Å². The Bertz CT molecular complexity index is 329. The third-order valence-corrected chi connectivity index (χ3v) is 2.68. The minimum Gasteiger partial charge on any atom is -0.444 e. The normalized spacial score (nSPS) is 14.3. The molecule has 0 heterocycles. The van der Waals surface area contributed by atoms with Gasteiger partial charge in [0.05, 0.1) is 12.6 Å². The Morgan fingerprint density at radius 1 is 1.29 bits per heavy atom. The smallest absolute Gasteiger partial charge is 0.407 e. The highest BCUT2D eigenvalue weighted by Gasteiger charge is 2.17. The summed E-state index contributed by atoms with van der Waals surface area (Å²) in [6.07, 6.45) is 1.07. The van der Waals surface area contributed by atoms with E-state index in [2.05, 4.69) is 10.6 Å². The van der Waals surface area contributed by atoms with Gasteiger partial charge in [-0.3, -0.25) is 4.79 Å². The summed E-state index contributed by atoms with van der Waals surface area (Å²) in [5.41, 5.74) is 4.72. The van der Waals surface area contributed by atoms with Crippen molar-refractivity contribution >= 4 is 12.0 Å². The molecule has 0 aliphatic carbocycles. The number of hydrogen-bond acceptors (Lipinski definition) is 5. The van der Waals surface area contributed by atoms with Crippen LogP contribution in [0.5, 0.6) is 0 Å². The molecule has 0 radical (unpaired) electrons. The van der Waals surface area contributed by atoms with Crippen LogP contribution in [0.1, 0.15) is 40.5 Å². The molecule has 0 aromatic heterocycles. The quantitative estimate of drug-likeness (QED) is 0.546. The zero-order valence-electron chi connectivity index (χ0n) is 13.7. The van der Waals surface area contributed by atoms with Gasteiger partial charge >= 0.3 is 6.09 Å². The molecule has 0 saturated carbocycles. The number of nitrogens with one attached hydrogen (secondary N) is 2. The summed E-state index contributed by atoms with van der Waals surface area (Å²) in [6.45, 7) is 8.14. The zero-order chi connectivity index (χ0) is 16.5. The maximum absolute atomic E-state index is 11.5. The lowest BCUT2D eigenvalue weighted by molar-refractivity contribution is -0.119. The molecule has 124 valence electrons. The van der Waals surface area contributed by atoms with Gasteiger partial charge in [0.25, 0.3) is 0 Å². The Morgan fingerprint density at radius 2 is 1.90 bits per heavy atom. The van der Waals surface area contributed by atoms with Crippen LogP contribution in [0.15, 0.2) is 0 Å². The first-order chi connectivity index (χ1) is 9.65. The summed E-state index contributed by atoms with van der Waals surface area (Å²) in [6, 6.07) is -0.401. The maximum atomic E-state index is 11.5. The lowest BCUT2D eigenvalue weighted by Crippen LogP contribution is -2.46. The highest BCUT2D eigenvalue weighted by atomic mass is 16.6. The number of nitrogens with two attached hydrogens (primary N) is 1. The van der Waals surface area contributed by atoms with Crippen LogP contribution in [-0.2, 0) is 14.3 Å². The van der Waals surface area contributed by atoms with Crippen molar-refractivity contribution in [1.82, 2.24) is 10.6 Å². The van der Waals surface area contributed by atoms with Crippen LogP contribution in [0.2, 0.25) is 0 Å². The zero-order valence-corrected chi connectivity index (χ0v) is 13.7. The van der Waals surface area contributed by atoms with E-state index < -0.39 is 23.6 Å². The van der Waals surface area contributed by atoms with Gasteiger partial charge in [0.2, 0.25) is 5.91 Å². The topological polar surface area (TPSA) is 103 Å². The highest BCUT2D eigenvalue weighted by Crippen LogP contribution is 2.06. The van der Waals surface area contributed by atoms with Gasteiger partial charge in [-0.25, -0.2) is 4.79 Å². The van der Waals surface area contributed by atoms with Crippen LogP contribution < -0.4 is 16.4 Å². The first-order valence-corrected chi connectivity index (χ1v) is 7.17. The predicted molar refractivity (Wildman–Crippen MR) is 80.9 cm³/mol. The lowest BCUT2D eigenvalue weighted by Gasteiger charge is -2.22.